The number of hydrogen-bond donors (Lipinski definition) is 1. The van der Waals surface area contributed by atoms with Crippen molar-refractivity contribution in [1.82, 2.24) is 15.1 Å². The Balaban J connectivity index is 2.22. The van der Waals surface area contributed by atoms with Crippen LogP contribution in [0, 0.1) is 0 Å². The lowest BCUT2D eigenvalue weighted by molar-refractivity contribution is 0.207. The monoisotopic (exact) mass is 239 g/mol. The van der Waals surface area contributed by atoms with Gasteiger partial charge in [0, 0.05) is 6.54 Å². The highest BCUT2D eigenvalue weighted by Gasteiger charge is 2.05. The van der Waals surface area contributed by atoms with Crippen LogP contribution in [0.2, 0.25) is 0 Å². The first-order valence-corrected chi connectivity index (χ1v) is 6.66. The van der Waals surface area contributed by atoms with Gasteiger partial charge in [-0.3, -0.25) is 4.68 Å². The summed E-state index contributed by atoms with van der Waals surface area (Å²) in [6.45, 7) is 9.45. The van der Waals surface area contributed by atoms with Gasteiger partial charge >= 0.3 is 0 Å². The molecule has 98 valence electrons. The molecule has 0 amide bonds. The molecule has 17 heavy (non-hydrogen) atoms. The number of ether oxygens (including phenoxy) is 1. The lowest BCUT2D eigenvalue weighted by Crippen LogP contribution is -2.18. The van der Waals surface area contributed by atoms with E-state index >= 15 is 0 Å². The number of aromatic nitrogens is 2. The SMILES string of the molecule is CCCn1cc(OC(C)CCCNCC)cn1. The van der Waals surface area contributed by atoms with Gasteiger partial charge in [0.1, 0.15) is 0 Å². The molecule has 1 rings (SSSR count). The average molecular weight is 239 g/mol. The Morgan fingerprint density at radius 3 is 3.00 bits per heavy atom. The van der Waals surface area contributed by atoms with Crippen LogP contribution in [-0.2, 0) is 6.54 Å². The van der Waals surface area contributed by atoms with Crippen LogP contribution in [0.3, 0.4) is 0 Å². The second-order valence-corrected chi connectivity index (χ2v) is 4.36. The smallest absolute Gasteiger partial charge is 0.157 e. The highest BCUT2D eigenvalue weighted by molar-refractivity contribution is 5.11. The standard InChI is InChI=1S/C13H25N3O/c1-4-9-16-11-13(10-15-16)17-12(3)7-6-8-14-5-2/h10-12,14H,4-9H2,1-3H3. The molecule has 4 nitrogen and oxygen atoms in total. The first-order chi connectivity index (χ1) is 8.26. The third-order valence-corrected chi connectivity index (χ3v) is 2.61. The van der Waals surface area contributed by atoms with Crippen molar-refractivity contribution in [3.05, 3.63) is 12.4 Å². The van der Waals surface area contributed by atoms with Crippen molar-refractivity contribution in [3.8, 4) is 5.75 Å². The maximum Gasteiger partial charge on any atom is 0.157 e. The Labute approximate surface area is 104 Å². The van der Waals surface area contributed by atoms with E-state index in [0.29, 0.717) is 0 Å². The molecule has 1 N–H and O–H groups in total. The molecule has 0 aliphatic carbocycles. The third-order valence-electron chi connectivity index (χ3n) is 2.61. The Bertz CT molecular complexity index is 299. The Morgan fingerprint density at radius 1 is 1.47 bits per heavy atom. The van der Waals surface area contributed by atoms with Crippen molar-refractivity contribution >= 4 is 0 Å². The minimum atomic E-state index is 0.257. The molecule has 0 saturated heterocycles. The molecule has 1 unspecified atom stereocenters. The van der Waals surface area contributed by atoms with Gasteiger partial charge in [0.2, 0.25) is 0 Å². The predicted molar refractivity (Wildman–Crippen MR) is 70.4 cm³/mol. The fourth-order valence-electron chi connectivity index (χ4n) is 1.74. The zero-order valence-corrected chi connectivity index (χ0v) is 11.3. The van der Waals surface area contributed by atoms with Gasteiger partial charge in [-0.1, -0.05) is 13.8 Å². The minimum absolute atomic E-state index is 0.257. The highest BCUT2D eigenvalue weighted by atomic mass is 16.5. The van der Waals surface area contributed by atoms with Crippen molar-refractivity contribution in [3.63, 3.8) is 0 Å². The van der Waals surface area contributed by atoms with Crippen LogP contribution in [0.25, 0.3) is 0 Å². The average Bonchev–Trinajstić information content (AvgIpc) is 2.73. The summed E-state index contributed by atoms with van der Waals surface area (Å²) in [6.07, 6.45) is 7.36. The summed E-state index contributed by atoms with van der Waals surface area (Å²) in [6, 6.07) is 0. The van der Waals surface area contributed by atoms with Gasteiger partial charge in [-0.15, -0.1) is 0 Å². The summed E-state index contributed by atoms with van der Waals surface area (Å²) >= 11 is 0. The van der Waals surface area contributed by atoms with Gasteiger partial charge in [0.15, 0.2) is 5.75 Å². The van der Waals surface area contributed by atoms with E-state index in [0.717, 1.165) is 44.6 Å². The normalized spacial score (nSPS) is 12.6. The first kappa shape index (κ1) is 14.0. The predicted octanol–water partition coefficient (Wildman–Crippen LogP) is 2.45. The van der Waals surface area contributed by atoms with E-state index in [1.807, 2.05) is 10.9 Å². The fourth-order valence-corrected chi connectivity index (χ4v) is 1.74. The van der Waals surface area contributed by atoms with Gasteiger partial charge in [-0.25, -0.2) is 0 Å². The second kappa shape index (κ2) is 8.12. The van der Waals surface area contributed by atoms with Gasteiger partial charge in [0.25, 0.3) is 0 Å². The van der Waals surface area contributed by atoms with Crippen molar-refractivity contribution in [2.24, 2.45) is 0 Å². The number of nitrogens with zero attached hydrogens (tertiary/aromatic N) is 2. The van der Waals surface area contributed by atoms with Crippen molar-refractivity contribution in [1.29, 1.82) is 0 Å². The molecule has 0 aliphatic rings. The van der Waals surface area contributed by atoms with Gasteiger partial charge in [-0.2, -0.15) is 5.10 Å². The van der Waals surface area contributed by atoms with Gasteiger partial charge in [-0.05, 0) is 39.3 Å². The Hall–Kier alpha value is -1.03. The largest absolute Gasteiger partial charge is 0.487 e. The van der Waals surface area contributed by atoms with Crippen molar-refractivity contribution < 1.29 is 4.74 Å². The number of aryl methyl sites for hydroxylation is 1. The molecule has 0 radical (unpaired) electrons. The zero-order chi connectivity index (χ0) is 12.5. The van der Waals surface area contributed by atoms with Crippen molar-refractivity contribution in [2.45, 2.75) is 52.7 Å². The summed E-state index contributed by atoms with van der Waals surface area (Å²) in [7, 11) is 0. The van der Waals surface area contributed by atoms with Crippen molar-refractivity contribution in [2.75, 3.05) is 13.1 Å². The molecule has 1 heterocycles. The quantitative estimate of drug-likeness (QED) is 0.673. The zero-order valence-electron chi connectivity index (χ0n) is 11.3. The molecule has 1 aromatic rings. The van der Waals surface area contributed by atoms with Crippen LogP contribution in [0.4, 0.5) is 0 Å². The van der Waals surface area contributed by atoms with E-state index in [-0.39, 0.29) is 6.10 Å². The van der Waals surface area contributed by atoms with E-state index in [9.17, 15) is 0 Å². The van der Waals surface area contributed by atoms with Crippen LogP contribution >= 0.6 is 0 Å². The molecular formula is C13H25N3O. The molecular weight excluding hydrogens is 214 g/mol. The summed E-state index contributed by atoms with van der Waals surface area (Å²) in [5.41, 5.74) is 0. The molecule has 4 heteroatoms. The van der Waals surface area contributed by atoms with Crippen LogP contribution in [0.5, 0.6) is 5.75 Å². The Morgan fingerprint density at radius 2 is 2.29 bits per heavy atom. The molecule has 0 aromatic carbocycles. The number of rotatable bonds is 9. The van der Waals surface area contributed by atoms with E-state index < -0.39 is 0 Å². The summed E-state index contributed by atoms with van der Waals surface area (Å²) in [5, 5.41) is 7.56. The molecule has 0 spiro atoms. The topological polar surface area (TPSA) is 39.1 Å². The summed E-state index contributed by atoms with van der Waals surface area (Å²) < 4.78 is 7.74. The summed E-state index contributed by atoms with van der Waals surface area (Å²) in [4.78, 5) is 0. The Kier molecular flexibility index (Phi) is 6.70. The molecule has 1 aromatic heterocycles. The molecule has 0 aliphatic heterocycles. The van der Waals surface area contributed by atoms with E-state index in [1.165, 1.54) is 0 Å². The van der Waals surface area contributed by atoms with Crippen LogP contribution in [0.1, 0.15) is 40.0 Å². The molecule has 0 saturated carbocycles. The second-order valence-electron chi connectivity index (χ2n) is 4.36. The van der Waals surface area contributed by atoms with Crippen LogP contribution in [0.15, 0.2) is 12.4 Å². The van der Waals surface area contributed by atoms with Crippen LogP contribution in [-0.4, -0.2) is 29.0 Å². The molecule has 0 fully saturated rings. The molecule has 0 bridgehead atoms. The maximum absolute atomic E-state index is 5.81. The van der Waals surface area contributed by atoms with Gasteiger partial charge in [0.05, 0.1) is 18.5 Å². The number of hydrogen-bond acceptors (Lipinski definition) is 3. The highest BCUT2D eigenvalue weighted by Crippen LogP contribution is 2.13. The molecule has 1 atom stereocenters. The maximum atomic E-state index is 5.81. The summed E-state index contributed by atoms with van der Waals surface area (Å²) in [5.74, 6) is 0.884. The third kappa shape index (κ3) is 5.73. The number of nitrogens with one attached hydrogen (secondary N) is 1. The van der Waals surface area contributed by atoms with E-state index in [2.05, 4.69) is 31.2 Å². The lowest BCUT2D eigenvalue weighted by Gasteiger charge is -2.12. The van der Waals surface area contributed by atoms with Crippen LogP contribution < -0.4 is 10.1 Å². The fraction of sp³-hybridized carbons (Fsp3) is 0.769. The first-order valence-electron chi connectivity index (χ1n) is 6.66. The van der Waals surface area contributed by atoms with E-state index in [1.54, 1.807) is 6.20 Å². The minimum Gasteiger partial charge on any atom is -0.487 e. The van der Waals surface area contributed by atoms with E-state index in [4.69, 9.17) is 4.74 Å². The van der Waals surface area contributed by atoms with Gasteiger partial charge < -0.3 is 10.1 Å². The lowest BCUT2D eigenvalue weighted by atomic mass is 10.2.